The van der Waals surface area contributed by atoms with Crippen LogP contribution in [0.15, 0.2) is 0 Å². The van der Waals surface area contributed by atoms with Crippen LogP contribution in [0.2, 0.25) is 0 Å². The van der Waals surface area contributed by atoms with Gasteiger partial charge in [0.25, 0.3) is 0 Å². The normalized spacial score (nSPS) is 14.9. The summed E-state index contributed by atoms with van der Waals surface area (Å²) < 4.78 is 0. The lowest BCUT2D eigenvalue weighted by atomic mass is 9.87. The predicted octanol–water partition coefficient (Wildman–Crippen LogP) is 11.0. The number of hydrogen-bond acceptors (Lipinski definition) is 2. The Morgan fingerprint density at radius 2 is 0.839 bits per heavy atom. The van der Waals surface area contributed by atoms with E-state index in [9.17, 15) is 9.90 Å². The topological polar surface area (TPSA) is 37.3 Å². The predicted molar refractivity (Wildman–Crippen MR) is 150 cm³/mol. The lowest BCUT2D eigenvalue weighted by Gasteiger charge is -2.27. The van der Waals surface area contributed by atoms with Crippen LogP contribution in [-0.2, 0) is 4.79 Å². The van der Waals surface area contributed by atoms with Crippen molar-refractivity contribution in [3.05, 3.63) is 0 Å². The van der Waals surface area contributed by atoms with Crippen molar-refractivity contribution in [2.24, 2.45) is 5.92 Å². The molecule has 2 aliphatic rings. The highest BCUT2D eigenvalue weighted by Gasteiger charge is 2.22. The molecule has 0 spiro atoms. The third-order valence-electron chi connectivity index (χ3n) is 4.11. The second-order valence-electron chi connectivity index (χ2n) is 6.00. The van der Waals surface area contributed by atoms with Crippen LogP contribution in [-0.4, -0.2) is 16.5 Å². The van der Waals surface area contributed by atoms with Gasteiger partial charge in [-0.3, -0.25) is 4.79 Å². The number of rotatable bonds is 1. The molecule has 2 rings (SSSR count). The van der Waals surface area contributed by atoms with Crippen molar-refractivity contribution in [3.63, 3.8) is 0 Å². The maximum Gasteiger partial charge on any atom is 0.132 e. The number of carbonyl (C=O) groups is 1. The van der Waals surface area contributed by atoms with Crippen LogP contribution in [0, 0.1) is 5.92 Å². The van der Waals surface area contributed by atoms with Crippen LogP contribution in [0.3, 0.4) is 0 Å². The van der Waals surface area contributed by atoms with Gasteiger partial charge in [-0.15, -0.1) is 0 Å². The first-order valence-corrected chi connectivity index (χ1v) is 14.2. The van der Waals surface area contributed by atoms with Gasteiger partial charge in [0.05, 0.1) is 5.60 Å². The number of aliphatic hydroxyl groups is 1. The molecular weight excluding hydrogens is 380 g/mol. The SMILES string of the molecule is CC.CC.CC.CC.CC.CC.CC.CC(=O)C1CCCCC1.CC1(O)CCCCC1. The average Bonchev–Trinajstić information content (AvgIpc) is 2.88. The molecule has 2 aliphatic carbocycles. The zero-order valence-corrected chi connectivity index (χ0v) is 25.5. The quantitative estimate of drug-likeness (QED) is 0.431. The standard InChI is InChI=1S/C8H14O.C7H14O.7C2H6/c1-7(9)8-5-3-2-4-6-8;1-7(8)5-3-2-4-6-7;7*1-2/h8H,2-6H2,1H3;8H,2-6H2,1H3;7*1-2H3. The molecule has 0 aromatic heterocycles. The van der Waals surface area contributed by atoms with Crippen molar-refractivity contribution in [1.82, 2.24) is 0 Å². The van der Waals surface area contributed by atoms with E-state index in [0.717, 1.165) is 25.7 Å². The largest absolute Gasteiger partial charge is 0.390 e. The van der Waals surface area contributed by atoms with Gasteiger partial charge in [0.15, 0.2) is 0 Å². The molecule has 2 heteroatoms. The first kappa shape index (κ1) is 48.2. The van der Waals surface area contributed by atoms with E-state index in [2.05, 4.69) is 0 Å². The lowest BCUT2D eigenvalue weighted by molar-refractivity contribution is -0.121. The molecule has 0 heterocycles. The van der Waals surface area contributed by atoms with Crippen molar-refractivity contribution in [1.29, 1.82) is 0 Å². The van der Waals surface area contributed by atoms with Gasteiger partial charge in [0, 0.05) is 5.92 Å². The first-order chi connectivity index (χ1) is 15.0. The highest BCUT2D eigenvalue weighted by Crippen LogP contribution is 2.26. The van der Waals surface area contributed by atoms with Crippen molar-refractivity contribution in [3.8, 4) is 0 Å². The van der Waals surface area contributed by atoms with Gasteiger partial charge in [0.1, 0.15) is 5.78 Å². The van der Waals surface area contributed by atoms with Crippen LogP contribution in [0.4, 0.5) is 0 Å². The fraction of sp³-hybridized carbons (Fsp3) is 0.966. The maximum atomic E-state index is 10.8. The Morgan fingerprint density at radius 1 is 0.581 bits per heavy atom. The number of carbonyl (C=O) groups excluding carboxylic acids is 1. The van der Waals surface area contributed by atoms with E-state index in [-0.39, 0.29) is 5.60 Å². The van der Waals surface area contributed by atoms with Gasteiger partial charge in [-0.2, -0.15) is 0 Å². The molecule has 1 N–H and O–H groups in total. The molecule has 0 saturated heterocycles. The fourth-order valence-electron chi connectivity index (χ4n) is 2.82. The Hall–Kier alpha value is -0.370. The summed E-state index contributed by atoms with van der Waals surface area (Å²) in [6, 6.07) is 0. The number of hydrogen-bond donors (Lipinski definition) is 1. The highest BCUT2D eigenvalue weighted by atomic mass is 16.3. The molecule has 2 saturated carbocycles. The van der Waals surface area contributed by atoms with Gasteiger partial charge >= 0.3 is 0 Å². The van der Waals surface area contributed by atoms with Crippen molar-refractivity contribution in [2.45, 2.75) is 181 Å². The molecule has 0 atom stereocenters. The fourth-order valence-corrected chi connectivity index (χ4v) is 2.82. The van der Waals surface area contributed by atoms with Gasteiger partial charge in [-0.25, -0.2) is 0 Å². The van der Waals surface area contributed by atoms with E-state index < -0.39 is 0 Å². The van der Waals surface area contributed by atoms with Crippen LogP contribution >= 0.6 is 0 Å². The summed E-state index contributed by atoms with van der Waals surface area (Å²) >= 11 is 0. The Bertz CT molecular complexity index is 221. The molecular formula is C29H70O2. The van der Waals surface area contributed by atoms with Gasteiger partial charge < -0.3 is 5.11 Å². The van der Waals surface area contributed by atoms with E-state index in [1.165, 1.54) is 38.5 Å². The van der Waals surface area contributed by atoms with Crippen LogP contribution < -0.4 is 0 Å². The second kappa shape index (κ2) is 51.9. The summed E-state index contributed by atoms with van der Waals surface area (Å²) in [7, 11) is 0. The van der Waals surface area contributed by atoms with Crippen LogP contribution in [0.5, 0.6) is 0 Å². The zero-order valence-electron chi connectivity index (χ0n) is 25.5. The summed E-state index contributed by atoms with van der Waals surface area (Å²) in [6.07, 6.45) is 11.9. The van der Waals surface area contributed by atoms with Crippen LogP contribution in [0.1, 0.15) is 175 Å². The lowest BCUT2D eigenvalue weighted by Crippen LogP contribution is -2.26. The summed E-state index contributed by atoms with van der Waals surface area (Å²) in [5.74, 6) is 0.813. The molecule has 0 radical (unpaired) electrons. The van der Waals surface area contributed by atoms with E-state index in [4.69, 9.17) is 0 Å². The minimum atomic E-state index is -0.321. The third kappa shape index (κ3) is 48.3. The van der Waals surface area contributed by atoms with Crippen molar-refractivity contribution >= 4 is 5.78 Å². The second-order valence-corrected chi connectivity index (χ2v) is 6.00. The molecule has 0 aliphatic heterocycles. The molecule has 0 unspecified atom stereocenters. The molecule has 31 heavy (non-hydrogen) atoms. The Balaban J connectivity index is -0.0000000479. The Kier molecular flexibility index (Phi) is 80.6. The third-order valence-corrected chi connectivity index (χ3v) is 4.11. The highest BCUT2D eigenvalue weighted by molar-refractivity contribution is 5.78. The van der Waals surface area contributed by atoms with Crippen LogP contribution in [0.25, 0.3) is 0 Å². The summed E-state index contributed by atoms with van der Waals surface area (Å²) in [5, 5.41) is 9.37. The molecule has 0 aromatic rings. The maximum absolute atomic E-state index is 10.8. The van der Waals surface area contributed by atoms with E-state index >= 15 is 0 Å². The molecule has 0 bridgehead atoms. The Labute approximate surface area is 202 Å². The smallest absolute Gasteiger partial charge is 0.132 e. The summed E-state index contributed by atoms with van der Waals surface area (Å²) in [6.45, 7) is 31.7. The Morgan fingerprint density at radius 3 is 1.00 bits per heavy atom. The molecule has 0 aromatic carbocycles. The molecule has 0 amide bonds. The minimum Gasteiger partial charge on any atom is -0.390 e. The van der Waals surface area contributed by atoms with Gasteiger partial charge in [-0.1, -0.05) is 135 Å². The summed E-state index contributed by atoms with van der Waals surface area (Å²) in [4.78, 5) is 10.8. The minimum absolute atomic E-state index is 0.321. The van der Waals surface area contributed by atoms with E-state index in [1.807, 2.05) is 104 Å². The van der Waals surface area contributed by atoms with Gasteiger partial charge in [-0.05, 0) is 39.5 Å². The van der Waals surface area contributed by atoms with Crippen molar-refractivity contribution in [2.75, 3.05) is 0 Å². The zero-order chi connectivity index (χ0) is 26.7. The molecule has 2 nitrogen and oxygen atoms in total. The van der Waals surface area contributed by atoms with E-state index in [1.54, 1.807) is 6.92 Å². The summed E-state index contributed by atoms with van der Waals surface area (Å²) in [5.41, 5.74) is -0.321. The van der Waals surface area contributed by atoms with E-state index in [0.29, 0.717) is 11.7 Å². The number of ketones is 1. The first-order valence-electron chi connectivity index (χ1n) is 14.2. The van der Waals surface area contributed by atoms with Crippen molar-refractivity contribution < 1.29 is 9.90 Å². The monoisotopic (exact) mass is 451 g/mol. The number of Topliss-reactive ketones (excluding diaryl/α,β-unsaturated/α-hetero) is 1. The molecule has 198 valence electrons. The van der Waals surface area contributed by atoms with Gasteiger partial charge in [0.2, 0.25) is 0 Å². The molecule has 2 fully saturated rings. The average molecular weight is 451 g/mol.